The molecule has 2 aliphatic carbocycles. The van der Waals surface area contributed by atoms with Gasteiger partial charge in [-0.1, -0.05) is 42.6 Å². The molecule has 354 valence electrons. The number of aromatic carboxylic acids is 3. The summed E-state index contributed by atoms with van der Waals surface area (Å²) in [7, 11) is 7.48. The van der Waals surface area contributed by atoms with Crippen molar-refractivity contribution in [3.8, 4) is 62.5 Å². The summed E-state index contributed by atoms with van der Waals surface area (Å²) >= 11 is 13.7. The number of anilines is 1. The van der Waals surface area contributed by atoms with Crippen LogP contribution in [-0.4, -0.2) is 84.9 Å². The Hall–Kier alpha value is -8.65. The lowest BCUT2D eigenvalue weighted by atomic mass is 9.89. The lowest BCUT2D eigenvalue weighted by Crippen LogP contribution is -2.25. The number of aromatic hydroxyl groups is 1. The number of nitrogens with zero attached hydrogens (tertiary/aromatic N) is 2. The number of fused-ring (bicyclic) bond motifs is 4. The quantitative estimate of drug-likeness (QED) is 0.0433. The Morgan fingerprint density at radius 3 is 2.09 bits per heavy atom. The fraction of sp³-hybridized carbons (Fsp3) is 0.135. The van der Waals surface area contributed by atoms with E-state index in [9.17, 15) is 49.2 Å². The maximum Gasteiger partial charge on any atom is 0.337 e. The van der Waals surface area contributed by atoms with Crippen LogP contribution in [0.4, 0.5) is 5.69 Å². The molecule has 0 saturated carbocycles. The third-order valence-electron chi connectivity index (χ3n) is 11.3. The molecule has 0 atom stereocenters. The second kappa shape index (κ2) is 19.5. The summed E-state index contributed by atoms with van der Waals surface area (Å²) in [5, 5.41) is 47.4. The molecule has 0 fully saturated rings. The molecule has 4 aromatic carbocycles. The lowest BCUT2D eigenvalue weighted by Gasteiger charge is -2.20. The van der Waals surface area contributed by atoms with Crippen molar-refractivity contribution in [1.29, 1.82) is 0 Å². The van der Waals surface area contributed by atoms with Gasteiger partial charge in [-0.05, 0) is 72.1 Å². The van der Waals surface area contributed by atoms with Gasteiger partial charge in [0.05, 0.1) is 57.0 Å². The molecule has 0 bridgehead atoms. The van der Waals surface area contributed by atoms with E-state index in [1.165, 1.54) is 48.5 Å². The van der Waals surface area contributed by atoms with E-state index in [0.717, 1.165) is 17.1 Å². The summed E-state index contributed by atoms with van der Waals surface area (Å²) in [6.45, 7) is -0.791. The summed E-state index contributed by atoms with van der Waals surface area (Å²) in [5.41, 5.74) is 1.18. The van der Waals surface area contributed by atoms with E-state index >= 15 is 0 Å². The van der Waals surface area contributed by atoms with E-state index in [1.807, 2.05) is 61.9 Å². The van der Waals surface area contributed by atoms with Crippen LogP contribution in [0.1, 0.15) is 54.4 Å². The fourth-order valence-electron chi connectivity index (χ4n) is 8.00. The first kappa shape index (κ1) is 49.3. The summed E-state index contributed by atoms with van der Waals surface area (Å²) in [6.07, 6.45) is 0. The SMILES string of the molecule is C.CN(C)c1ccc2c(-c3c(Cl)cc(C(=O)NCC#CC(=O)NCc4c(O)ccc5c(-c6ccc(C(=O)O)cc6C(=O)O)c6ccc(=O)cc-6oc45)c(Cl)c3C(=O)O)c3ccc(=[N+](C)C)cc-3oc2c1. The van der Waals surface area contributed by atoms with Gasteiger partial charge in [0.2, 0.25) is 5.36 Å². The molecule has 2 aliphatic heterocycles. The predicted octanol–water partition coefficient (Wildman–Crippen LogP) is 7.97. The molecule has 6 N–H and O–H groups in total. The Balaban J connectivity index is 0.00000722. The molecule has 70 heavy (non-hydrogen) atoms. The van der Waals surface area contributed by atoms with Gasteiger partial charge in [0.25, 0.3) is 11.8 Å². The van der Waals surface area contributed by atoms with Crippen LogP contribution in [0.5, 0.6) is 5.75 Å². The van der Waals surface area contributed by atoms with Gasteiger partial charge in [0.1, 0.15) is 42.5 Å². The molecule has 18 heteroatoms. The standard InChI is InChI=1S/C51H36Cl2N4O12.CH4/c1-56(2)25-8-12-30-38(19-25)68-39-20-26(57(3)4)9-13-31(39)43(30)44-36(52)22-34(46(53)45(44)51(66)67)48(61)54-17-5-6-41(60)55-23-35-37(59)16-15-32-42(29-14-10-27(58)21-40(29)69-47(32)35)28-11-7-24(49(62)63)18-33(28)50(64)65;/h7-16,18-22H,17,23H2,1-4H3,(H5-,54,55,58,59,60,61,62,63,64,65,66,67);1H4/p+1. The maximum absolute atomic E-state index is 13.6. The van der Waals surface area contributed by atoms with Crippen molar-refractivity contribution in [2.45, 2.75) is 14.0 Å². The van der Waals surface area contributed by atoms with Crippen molar-refractivity contribution >= 4 is 80.6 Å². The molecule has 0 unspecified atom stereocenters. The Morgan fingerprint density at radius 2 is 1.40 bits per heavy atom. The minimum atomic E-state index is -1.45. The number of phenolic OH excluding ortho intramolecular Hbond substituents is 1. The third kappa shape index (κ3) is 9.18. The van der Waals surface area contributed by atoms with Crippen molar-refractivity contribution in [2.75, 3.05) is 39.6 Å². The first-order valence-corrected chi connectivity index (χ1v) is 21.4. The zero-order valence-electron chi connectivity index (χ0n) is 36.8. The van der Waals surface area contributed by atoms with Crippen LogP contribution < -0.4 is 30.9 Å². The summed E-state index contributed by atoms with van der Waals surface area (Å²) in [5.74, 6) is -0.960. The van der Waals surface area contributed by atoms with E-state index in [0.29, 0.717) is 33.4 Å². The highest BCUT2D eigenvalue weighted by atomic mass is 35.5. The van der Waals surface area contributed by atoms with Crippen LogP contribution in [0.2, 0.25) is 10.0 Å². The molecule has 8 rings (SSSR count). The first-order valence-electron chi connectivity index (χ1n) is 20.7. The predicted molar refractivity (Wildman–Crippen MR) is 266 cm³/mol. The van der Waals surface area contributed by atoms with E-state index in [4.69, 9.17) is 32.0 Å². The number of carboxylic acid groups (broad SMARTS) is 3. The van der Waals surface area contributed by atoms with Crippen LogP contribution >= 0.6 is 23.2 Å². The highest BCUT2D eigenvalue weighted by molar-refractivity contribution is 6.41. The summed E-state index contributed by atoms with van der Waals surface area (Å²) in [4.78, 5) is 78.1. The Labute approximate surface area is 407 Å². The van der Waals surface area contributed by atoms with Gasteiger partial charge in [-0.2, -0.15) is 0 Å². The molecule has 16 nitrogen and oxygen atoms in total. The van der Waals surface area contributed by atoms with Gasteiger partial charge in [-0.15, -0.1) is 0 Å². The topological polar surface area (TPSA) is 240 Å². The van der Waals surface area contributed by atoms with Crippen molar-refractivity contribution in [3.05, 3.63) is 144 Å². The van der Waals surface area contributed by atoms with Crippen molar-refractivity contribution < 1.29 is 53.2 Å². The van der Waals surface area contributed by atoms with Gasteiger partial charge in [0.15, 0.2) is 5.43 Å². The van der Waals surface area contributed by atoms with Gasteiger partial charge >= 0.3 is 17.9 Å². The second-order valence-corrected chi connectivity index (χ2v) is 16.8. The summed E-state index contributed by atoms with van der Waals surface area (Å²) in [6, 6.07) is 22.3. The van der Waals surface area contributed by atoms with Crippen LogP contribution in [0.15, 0.2) is 105 Å². The number of halogens is 2. The van der Waals surface area contributed by atoms with E-state index in [-0.39, 0.29) is 80.4 Å². The number of carbonyl (C=O) groups is 5. The number of benzene rings is 6. The number of rotatable bonds is 10. The molecule has 2 amide bonds. The number of nitrogens with one attached hydrogen (secondary N) is 2. The Kier molecular flexibility index (Phi) is 13.7. The molecular formula is C52H41Cl2N4O12+. The molecule has 4 aliphatic rings. The highest BCUT2D eigenvalue weighted by Crippen LogP contribution is 2.47. The summed E-state index contributed by atoms with van der Waals surface area (Å²) < 4.78 is 14.4. The average molecular weight is 985 g/mol. The minimum Gasteiger partial charge on any atom is -0.507 e. The molecule has 0 radical (unpaired) electrons. The molecule has 0 aromatic heterocycles. The lowest BCUT2D eigenvalue weighted by molar-refractivity contribution is -0.115. The molecule has 0 spiro atoms. The number of amides is 2. The van der Waals surface area contributed by atoms with Gasteiger partial charge < -0.3 is 44.8 Å². The van der Waals surface area contributed by atoms with Crippen LogP contribution in [-0.2, 0) is 11.3 Å². The zero-order valence-corrected chi connectivity index (χ0v) is 38.3. The van der Waals surface area contributed by atoms with Crippen molar-refractivity contribution in [1.82, 2.24) is 15.2 Å². The van der Waals surface area contributed by atoms with Gasteiger partial charge in [-0.25, -0.2) is 19.0 Å². The molecule has 4 aromatic rings. The smallest absolute Gasteiger partial charge is 0.337 e. The normalized spacial score (nSPS) is 10.9. The number of carboxylic acids is 3. The van der Waals surface area contributed by atoms with Crippen LogP contribution in [0, 0.1) is 11.8 Å². The van der Waals surface area contributed by atoms with Crippen molar-refractivity contribution in [2.24, 2.45) is 0 Å². The van der Waals surface area contributed by atoms with Crippen LogP contribution in [0.3, 0.4) is 0 Å². The average Bonchev–Trinajstić information content (AvgIpc) is 3.30. The van der Waals surface area contributed by atoms with E-state index in [1.54, 1.807) is 12.1 Å². The largest absolute Gasteiger partial charge is 0.507 e. The number of hydrogen-bond acceptors (Lipinski definition) is 10. The number of phenols is 1. The monoisotopic (exact) mass is 983 g/mol. The third-order valence-corrected chi connectivity index (χ3v) is 12.0. The highest BCUT2D eigenvalue weighted by Gasteiger charge is 2.30. The number of carbonyl (C=O) groups excluding carboxylic acids is 2. The number of hydrogen-bond donors (Lipinski definition) is 6. The molecule has 0 saturated heterocycles. The van der Waals surface area contributed by atoms with E-state index in [2.05, 4.69) is 22.5 Å². The minimum absolute atomic E-state index is 0. The van der Waals surface area contributed by atoms with Gasteiger partial charge in [0, 0.05) is 76.6 Å². The molecule has 2 heterocycles. The Morgan fingerprint density at radius 1 is 0.714 bits per heavy atom. The first-order chi connectivity index (χ1) is 32.8. The second-order valence-electron chi connectivity index (χ2n) is 16.0. The van der Waals surface area contributed by atoms with Crippen molar-refractivity contribution in [3.63, 3.8) is 0 Å². The maximum atomic E-state index is 13.6. The van der Waals surface area contributed by atoms with Gasteiger partial charge in [-0.3, -0.25) is 14.4 Å². The zero-order chi connectivity index (χ0) is 49.6. The van der Waals surface area contributed by atoms with E-state index < -0.39 is 52.3 Å². The Bertz CT molecular complexity index is 3670. The molecular weight excluding hydrogens is 943 g/mol. The fourth-order valence-corrected chi connectivity index (χ4v) is 8.61. The van der Waals surface area contributed by atoms with Crippen LogP contribution in [0.25, 0.3) is 66.8 Å².